The summed E-state index contributed by atoms with van der Waals surface area (Å²) in [5.41, 5.74) is 0. The van der Waals surface area contributed by atoms with Crippen molar-refractivity contribution in [2.45, 2.75) is 44.3 Å². The van der Waals surface area contributed by atoms with E-state index in [4.69, 9.17) is 4.52 Å². The second-order valence-electron chi connectivity index (χ2n) is 6.44. The highest BCUT2D eigenvalue weighted by Gasteiger charge is 2.31. The van der Waals surface area contributed by atoms with Crippen molar-refractivity contribution in [3.63, 3.8) is 0 Å². The lowest BCUT2D eigenvalue weighted by Crippen LogP contribution is -2.42. The molecule has 1 aromatic rings. The predicted octanol–water partition coefficient (Wildman–Crippen LogP) is 1.12. The molecule has 0 aromatic carbocycles. The third-order valence-electron chi connectivity index (χ3n) is 4.12. The van der Waals surface area contributed by atoms with Crippen LogP contribution < -0.4 is 0 Å². The zero-order valence-corrected chi connectivity index (χ0v) is 13.5. The number of hydrogen-bond donors (Lipinski definition) is 0. The molecule has 2 heterocycles. The van der Waals surface area contributed by atoms with Crippen LogP contribution in [-0.4, -0.2) is 48.2 Å². The van der Waals surface area contributed by atoms with Crippen LogP contribution in [0.4, 0.5) is 0 Å². The van der Waals surface area contributed by atoms with E-state index in [9.17, 15) is 13.2 Å². The van der Waals surface area contributed by atoms with Gasteiger partial charge in [0, 0.05) is 19.0 Å². The molecule has 0 unspecified atom stereocenters. The molecule has 1 atom stereocenters. The summed E-state index contributed by atoms with van der Waals surface area (Å²) in [6.07, 6.45) is 4.07. The first-order chi connectivity index (χ1) is 10.4. The Hall–Kier alpha value is -1.44. The Kier molecular flexibility index (Phi) is 4.20. The van der Waals surface area contributed by atoms with E-state index in [1.165, 1.54) is 0 Å². The summed E-state index contributed by atoms with van der Waals surface area (Å²) in [6.45, 7) is 3.36. The zero-order chi connectivity index (χ0) is 15.7. The van der Waals surface area contributed by atoms with Crippen LogP contribution in [0.2, 0.25) is 0 Å². The Morgan fingerprint density at radius 2 is 2.14 bits per heavy atom. The van der Waals surface area contributed by atoms with E-state index in [0.717, 1.165) is 25.7 Å². The quantitative estimate of drug-likeness (QED) is 0.804. The van der Waals surface area contributed by atoms with Crippen LogP contribution in [0.25, 0.3) is 0 Å². The minimum atomic E-state index is -3.58. The summed E-state index contributed by atoms with van der Waals surface area (Å²) in [5, 5.41) is 3.80. The smallest absolute Gasteiger partial charge is 0.241 e. The maximum atomic E-state index is 12.2. The number of carbonyl (C=O) groups excluding carboxylic acids is 1. The molecule has 0 radical (unpaired) electrons. The largest absolute Gasteiger partial charge is 0.342 e. The van der Waals surface area contributed by atoms with Crippen LogP contribution in [-0.2, 0) is 20.4 Å². The summed E-state index contributed by atoms with van der Waals surface area (Å²) < 4.78 is 29.3. The van der Waals surface area contributed by atoms with Gasteiger partial charge in [0.2, 0.25) is 11.8 Å². The first-order valence-electron chi connectivity index (χ1n) is 7.73. The topological polar surface area (TPSA) is 93.4 Å². The molecule has 2 fully saturated rings. The maximum absolute atomic E-state index is 12.2. The highest BCUT2D eigenvalue weighted by atomic mass is 32.2. The Balaban J connectivity index is 1.58. The van der Waals surface area contributed by atoms with E-state index < -0.39 is 15.6 Å². The molecule has 22 heavy (non-hydrogen) atoms. The number of likely N-dealkylation sites (tertiary alicyclic amines) is 1. The van der Waals surface area contributed by atoms with E-state index in [0.29, 0.717) is 30.7 Å². The number of nitrogens with zero attached hydrogens (tertiary/aromatic N) is 3. The molecule has 0 spiro atoms. The number of hydrogen-bond acceptors (Lipinski definition) is 6. The molecule has 1 aliphatic carbocycles. The van der Waals surface area contributed by atoms with Gasteiger partial charge >= 0.3 is 0 Å². The van der Waals surface area contributed by atoms with Crippen LogP contribution in [0, 0.1) is 5.92 Å². The Bertz CT molecular complexity index is 651. The van der Waals surface area contributed by atoms with E-state index in [2.05, 4.69) is 17.1 Å². The van der Waals surface area contributed by atoms with Gasteiger partial charge < -0.3 is 9.42 Å². The fraction of sp³-hybridized carbons (Fsp3) is 0.786. The first kappa shape index (κ1) is 15.5. The molecule has 3 rings (SSSR count). The second kappa shape index (κ2) is 5.98. The van der Waals surface area contributed by atoms with Crippen LogP contribution in [0.3, 0.4) is 0 Å². The molecule has 0 N–H and O–H groups in total. The number of piperidine rings is 1. The van der Waals surface area contributed by atoms with Gasteiger partial charge in [-0.25, -0.2) is 8.42 Å². The van der Waals surface area contributed by atoms with Gasteiger partial charge in [-0.2, -0.15) is 4.98 Å². The van der Waals surface area contributed by atoms with E-state index in [1.807, 2.05) is 0 Å². The van der Waals surface area contributed by atoms with Crippen molar-refractivity contribution in [1.82, 2.24) is 15.0 Å². The van der Waals surface area contributed by atoms with Crippen molar-refractivity contribution in [3.8, 4) is 0 Å². The number of aromatic nitrogens is 2. The van der Waals surface area contributed by atoms with Crippen molar-refractivity contribution in [1.29, 1.82) is 0 Å². The SMILES string of the molecule is C[C@@H]1CCCN(C(=O)CS(=O)(=O)Cc2nc(C3CC3)no2)C1. The number of sulfone groups is 1. The minimum Gasteiger partial charge on any atom is -0.342 e. The molecular formula is C14H21N3O4S. The summed E-state index contributed by atoms with van der Waals surface area (Å²) in [5.74, 6) is 0.244. The summed E-state index contributed by atoms with van der Waals surface area (Å²) >= 11 is 0. The zero-order valence-electron chi connectivity index (χ0n) is 12.7. The molecule has 1 amide bonds. The van der Waals surface area contributed by atoms with Gasteiger partial charge in [-0.05, 0) is 31.6 Å². The predicted molar refractivity (Wildman–Crippen MR) is 78.7 cm³/mol. The Labute approximate surface area is 130 Å². The average molecular weight is 327 g/mol. The standard InChI is InChI=1S/C14H21N3O4S/c1-10-3-2-6-17(7-10)13(18)9-22(19,20)8-12-15-14(16-21-12)11-4-5-11/h10-11H,2-9H2,1H3/t10-/m1/s1. The second-order valence-corrected chi connectivity index (χ2v) is 8.50. The Morgan fingerprint density at radius 3 is 2.82 bits per heavy atom. The Morgan fingerprint density at radius 1 is 1.36 bits per heavy atom. The molecule has 122 valence electrons. The van der Waals surface area contributed by atoms with Gasteiger partial charge in [-0.3, -0.25) is 4.79 Å². The molecule has 1 saturated carbocycles. The normalized spacial score (nSPS) is 22.8. The summed E-state index contributed by atoms with van der Waals surface area (Å²) in [6, 6.07) is 0. The average Bonchev–Trinajstić information content (AvgIpc) is 3.19. The molecule has 1 aliphatic heterocycles. The fourth-order valence-electron chi connectivity index (χ4n) is 2.77. The lowest BCUT2D eigenvalue weighted by atomic mass is 10.0. The lowest BCUT2D eigenvalue weighted by molar-refractivity contribution is -0.130. The van der Waals surface area contributed by atoms with Gasteiger partial charge in [0.25, 0.3) is 0 Å². The number of rotatable bonds is 5. The highest BCUT2D eigenvalue weighted by Crippen LogP contribution is 2.38. The monoisotopic (exact) mass is 327 g/mol. The molecule has 8 heteroatoms. The van der Waals surface area contributed by atoms with Crippen LogP contribution in [0.15, 0.2) is 4.52 Å². The lowest BCUT2D eigenvalue weighted by Gasteiger charge is -2.30. The van der Waals surface area contributed by atoms with Crippen molar-refractivity contribution in [2.24, 2.45) is 5.92 Å². The molecular weight excluding hydrogens is 306 g/mol. The highest BCUT2D eigenvalue weighted by molar-refractivity contribution is 7.91. The number of amides is 1. The van der Waals surface area contributed by atoms with Crippen molar-refractivity contribution >= 4 is 15.7 Å². The molecule has 0 bridgehead atoms. The van der Waals surface area contributed by atoms with Gasteiger partial charge in [0.1, 0.15) is 11.5 Å². The molecule has 2 aliphatic rings. The van der Waals surface area contributed by atoms with Crippen molar-refractivity contribution < 1.29 is 17.7 Å². The van der Waals surface area contributed by atoms with E-state index in [-0.39, 0.29) is 17.6 Å². The maximum Gasteiger partial charge on any atom is 0.241 e. The molecule has 7 nitrogen and oxygen atoms in total. The van der Waals surface area contributed by atoms with Crippen molar-refractivity contribution in [2.75, 3.05) is 18.8 Å². The summed E-state index contributed by atoms with van der Waals surface area (Å²) in [4.78, 5) is 17.9. The van der Waals surface area contributed by atoms with Crippen LogP contribution >= 0.6 is 0 Å². The fourth-order valence-corrected chi connectivity index (χ4v) is 3.92. The third-order valence-corrected chi connectivity index (χ3v) is 5.50. The van der Waals surface area contributed by atoms with Crippen molar-refractivity contribution in [3.05, 3.63) is 11.7 Å². The number of carbonyl (C=O) groups is 1. The van der Waals surface area contributed by atoms with Gasteiger partial charge in [-0.15, -0.1) is 0 Å². The third kappa shape index (κ3) is 3.85. The summed E-state index contributed by atoms with van der Waals surface area (Å²) in [7, 11) is -3.58. The van der Waals surface area contributed by atoms with Gasteiger partial charge in [-0.1, -0.05) is 12.1 Å². The van der Waals surface area contributed by atoms with Crippen LogP contribution in [0.1, 0.15) is 50.2 Å². The van der Waals surface area contributed by atoms with Gasteiger partial charge in [0.15, 0.2) is 15.7 Å². The van der Waals surface area contributed by atoms with E-state index in [1.54, 1.807) is 4.90 Å². The minimum absolute atomic E-state index is 0.0849. The van der Waals surface area contributed by atoms with Gasteiger partial charge in [0.05, 0.1) is 0 Å². The van der Waals surface area contributed by atoms with E-state index >= 15 is 0 Å². The molecule has 1 aromatic heterocycles. The van der Waals surface area contributed by atoms with Crippen LogP contribution in [0.5, 0.6) is 0 Å². The molecule has 1 saturated heterocycles. The first-order valence-corrected chi connectivity index (χ1v) is 9.56.